The molecule has 2 nitrogen and oxygen atoms in total. The minimum absolute atomic E-state index is 0.149. The average molecular weight is 214 g/mol. The van der Waals surface area contributed by atoms with Crippen LogP contribution in [0.2, 0.25) is 0 Å². The Morgan fingerprint density at radius 1 is 1.29 bits per heavy atom. The smallest absolute Gasteiger partial charge is 0.184 e. The summed E-state index contributed by atoms with van der Waals surface area (Å²) >= 11 is 0. The molecular formula is C10H11FO2S. The molecule has 1 aromatic rings. The summed E-state index contributed by atoms with van der Waals surface area (Å²) in [6.45, 7) is 1.88. The summed E-state index contributed by atoms with van der Waals surface area (Å²) in [6.07, 6.45) is -1.02. The third-order valence-electron chi connectivity index (χ3n) is 2.41. The van der Waals surface area contributed by atoms with Gasteiger partial charge >= 0.3 is 0 Å². The van der Waals surface area contributed by atoms with Gasteiger partial charge in [-0.2, -0.15) is 0 Å². The van der Waals surface area contributed by atoms with E-state index in [4.69, 9.17) is 0 Å². The number of aryl methyl sites for hydroxylation is 1. The Balaban J connectivity index is 2.35. The van der Waals surface area contributed by atoms with Crippen molar-refractivity contribution in [1.29, 1.82) is 0 Å². The first kappa shape index (κ1) is 9.65. The van der Waals surface area contributed by atoms with Crippen LogP contribution in [0.1, 0.15) is 12.0 Å². The van der Waals surface area contributed by atoms with E-state index in [-0.39, 0.29) is 11.3 Å². The van der Waals surface area contributed by atoms with Gasteiger partial charge in [-0.1, -0.05) is 17.7 Å². The van der Waals surface area contributed by atoms with E-state index in [1.54, 1.807) is 12.1 Å². The Bertz CT molecular complexity index is 436. The summed E-state index contributed by atoms with van der Waals surface area (Å²) < 4.78 is 36.0. The Morgan fingerprint density at radius 2 is 1.79 bits per heavy atom. The van der Waals surface area contributed by atoms with E-state index in [1.165, 1.54) is 12.1 Å². The molecule has 0 spiro atoms. The molecule has 0 N–H and O–H groups in total. The van der Waals surface area contributed by atoms with Gasteiger partial charge in [0.2, 0.25) is 0 Å². The van der Waals surface area contributed by atoms with Crippen LogP contribution in [0.15, 0.2) is 29.2 Å². The van der Waals surface area contributed by atoms with Crippen LogP contribution in [0.25, 0.3) is 0 Å². The molecule has 0 radical (unpaired) electrons. The summed E-state index contributed by atoms with van der Waals surface area (Å²) in [5.74, 6) is 0. The number of benzene rings is 1. The first-order valence-corrected chi connectivity index (χ1v) is 6.01. The molecule has 1 saturated carbocycles. The summed E-state index contributed by atoms with van der Waals surface area (Å²) in [5.41, 5.74) is 0.997. The van der Waals surface area contributed by atoms with Gasteiger partial charge in [0.25, 0.3) is 0 Å². The average Bonchev–Trinajstić information content (AvgIpc) is 2.84. The van der Waals surface area contributed by atoms with Crippen LogP contribution in [-0.2, 0) is 9.84 Å². The first-order chi connectivity index (χ1) is 6.51. The third kappa shape index (κ3) is 1.54. The minimum atomic E-state index is -3.41. The first-order valence-electron chi connectivity index (χ1n) is 4.46. The van der Waals surface area contributed by atoms with Crippen molar-refractivity contribution in [3.63, 3.8) is 0 Å². The van der Waals surface area contributed by atoms with E-state index >= 15 is 0 Å². The van der Waals surface area contributed by atoms with Crippen LogP contribution in [0.3, 0.4) is 0 Å². The monoisotopic (exact) mass is 214 g/mol. The highest BCUT2D eigenvalue weighted by atomic mass is 32.2. The second-order valence-corrected chi connectivity index (χ2v) is 5.82. The highest BCUT2D eigenvalue weighted by Gasteiger charge is 2.48. The number of sulfone groups is 1. The molecule has 76 valence electrons. The van der Waals surface area contributed by atoms with Gasteiger partial charge in [0.15, 0.2) is 9.84 Å². The lowest BCUT2D eigenvalue weighted by molar-refractivity contribution is 0.477. The molecule has 4 heteroatoms. The number of hydrogen-bond acceptors (Lipinski definition) is 2. The molecule has 2 rings (SSSR count). The Hall–Kier alpha value is -0.900. The maximum atomic E-state index is 12.7. The fourth-order valence-electron chi connectivity index (χ4n) is 1.37. The van der Waals surface area contributed by atoms with Crippen LogP contribution >= 0.6 is 0 Å². The highest BCUT2D eigenvalue weighted by molar-refractivity contribution is 7.92. The van der Waals surface area contributed by atoms with Gasteiger partial charge < -0.3 is 0 Å². The van der Waals surface area contributed by atoms with Crippen molar-refractivity contribution in [1.82, 2.24) is 0 Å². The fraction of sp³-hybridized carbons (Fsp3) is 0.400. The zero-order chi connectivity index (χ0) is 10.3. The fourth-order valence-corrected chi connectivity index (χ4v) is 3.06. The summed E-state index contributed by atoms with van der Waals surface area (Å²) in [7, 11) is -3.41. The van der Waals surface area contributed by atoms with Crippen LogP contribution in [0, 0.1) is 6.92 Å². The molecule has 0 saturated heterocycles. The predicted octanol–water partition coefficient (Wildman–Crippen LogP) is 1.88. The van der Waals surface area contributed by atoms with Crippen molar-refractivity contribution >= 4 is 9.84 Å². The van der Waals surface area contributed by atoms with Gasteiger partial charge in [-0.3, -0.25) is 0 Å². The largest absolute Gasteiger partial charge is 0.246 e. The van der Waals surface area contributed by atoms with E-state index in [0.717, 1.165) is 5.56 Å². The molecule has 0 heterocycles. The summed E-state index contributed by atoms with van der Waals surface area (Å²) in [6, 6.07) is 6.52. The lowest BCUT2D eigenvalue weighted by atomic mass is 10.2. The molecule has 1 unspecified atom stereocenters. The summed E-state index contributed by atoms with van der Waals surface area (Å²) in [4.78, 5) is 0.230. The number of alkyl halides is 1. The van der Waals surface area contributed by atoms with Gasteiger partial charge in [0.1, 0.15) is 6.17 Å². The Morgan fingerprint density at radius 3 is 2.21 bits per heavy atom. The number of halogens is 1. The molecule has 0 aliphatic heterocycles. The van der Waals surface area contributed by atoms with E-state index in [2.05, 4.69) is 0 Å². The second kappa shape index (κ2) is 3.05. The van der Waals surface area contributed by atoms with Gasteiger partial charge in [-0.25, -0.2) is 12.8 Å². The molecule has 0 amide bonds. The van der Waals surface area contributed by atoms with Crippen LogP contribution < -0.4 is 0 Å². The zero-order valence-corrected chi connectivity index (χ0v) is 8.59. The van der Waals surface area contributed by atoms with E-state index in [0.29, 0.717) is 0 Å². The van der Waals surface area contributed by atoms with Crippen molar-refractivity contribution < 1.29 is 12.8 Å². The number of hydrogen-bond donors (Lipinski definition) is 0. The maximum absolute atomic E-state index is 12.7. The molecule has 1 aliphatic rings. The Labute approximate surface area is 82.7 Å². The second-order valence-electron chi connectivity index (χ2n) is 3.65. The van der Waals surface area contributed by atoms with Crippen LogP contribution in [-0.4, -0.2) is 19.8 Å². The molecule has 0 bridgehead atoms. The van der Waals surface area contributed by atoms with Gasteiger partial charge in [0.05, 0.1) is 10.1 Å². The Kier molecular flexibility index (Phi) is 2.10. The normalized spacial score (nSPS) is 26.1. The highest BCUT2D eigenvalue weighted by Crippen LogP contribution is 2.36. The standard InChI is InChI=1S/C10H11FO2S/c1-7-2-4-8(5-3-7)14(12,13)10-6-9(10)11/h2-5,9-10H,6H2,1H3/t9-,10?/m0/s1. The topological polar surface area (TPSA) is 34.1 Å². The lowest BCUT2D eigenvalue weighted by Gasteiger charge is -2.02. The van der Waals surface area contributed by atoms with Gasteiger partial charge in [-0.05, 0) is 25.5 Å². The quantitative estimate of drug-likeness (QED) is 0.753. The molecule has 1 fully saturated rings. The van der Waals surface area contributed by atoms with E-state index in [1.807, 2.05) is 6.92 Å². The van der Waals surface area contributed by atoms with Crippen LogP contribution in [0.5, 0.6) is 0 Å². The van der Waals surface area contributed by atoms with Crippen molar-refractivity contribution in [2.24, 2.45) is 0 Å². The SMILES string of the molecule is Cc1ccc(S(=O)(=O)C2C[C@@H]2F)cc1. The maximum Gasteiger partial charge on any atom is 0.184 e. The molecule has 1 aliphatic carbocycles. The minimum Gasteiger partial charge on any atom is -0.246 e. The van der Waals surface area contributed by atoms with Gasteiger partial charge in [0, 0.05) is 0 Å². The van der Waals surface area contributed by atoms with Crippen molar-refractivity contribution in [3.8, 4) is 0 Å². The van der Waals surface area contributed by atoms with E-state index < -0.39 is 21.3 Å². The third-order valence-corrected chi connectivity index (χ3v) is 4.62. The molecule has 14 heavy (non-hydrogen) atoms. The van der Waals surface area contributed by atoms with Gasteiger partial charge in [-0.15, -0.1) is 0 Å². The molecule has 1 aromatic carbocycles. The lowest BCUT2D eigenvalue weighted by Crippen LogP contribution is -2.09. The molecule has 0 aromatic heterocycles. The molecular weight excluding hydrogens is 203 g/mol. The van der Waals surface area contributed by atoms with Crippen molar-refractivity contribution in [2.75, 3.05) is 0 Å². The summed E-state index contributed by atoms with van der Waals surface area (Å²) in [5, 5.41) is -0.801. The zero-order valence-electron chi connectivity index (χ0n) is 7.77. The van der Waals surface area contributed by atoms with E-state index in [9.17, 15) is 12.8 Å². The predicted molar refractivity (Wildman–Crippen MR) is 51.7 cm³/mol. The molecule has 2 atom stereocenters. The van der Waals surface area contributed by atoms with Crippen LogP contribution in [0.4, 0.5) is 4.39 Å². The number of rotatable bonds is 2. The van der Waals surface area contributed by atoms with Crippen molar-refractivity contribution in [2.45, 2.75) is 29.7 Å². The van der Waals surface area contributed by atoms with Crippen molar-refractivity contribution in [3.05, 3.63) is 29.8 Å².